The summed E-state index contributed by atoms with van der Waals surface area (Å²) in [6.07, 6.45) is 3.62. The van der Waals surface area contributed by atoms with Crippen molar-refractivity contribution in [2.24, 2.45) is 10.8 Å². The van der Waals surface area contributed by atoms with Gasteiger partial charge >= 0.3 is 164 Å². The Morgan fingerprint density at radius 3 is 1.31 bits per heavy atom. The average molecular weight is 1460 g/mol. The van der Waals surface area contributed by atoms with Crippen LogP contribution in [0.1, 0.15) is 146 Å². The first-order valence-corrected chi connectivity index (χ1v) is 31.4. The summed E-state index contributed by atoms with van der Waals surface area (Å²) in [6.45, 7) is 17.9. The molecule has 2 saturated carbocycles. The van der Waals surface area contributed by atoms with Gasteiger partial charge in [0.1, 0.15) is 46.0 Å². The van der Waals surface area contributed by atoms with Crippen molar-refractivity contribution in [3.8, 4) is 17.2 Å². The summed E-state index contributed by atoms with van der Waals surface area (Å²) in [5.74, 6) is -2.43. The quantitative estimate of drug-likeness (QED) is 0.108. The standard InChI is InChI=1S/C22H27BrClNO5.C15H23NO4.C7H6BrClO2.C4H6O3.2C2H4O2.CH4.Pb/c1-21(2,3)30-20(28)25-7-5-22(6-8-25)11-15(26)19(16(27)12-22)18-14(24)9-13(23)10-17(18)29-4;1-14(2,3)20-13(19)16-6-4-15(5-7-16)9-11(17)8-12(18)10-15;1-11-6-3-4(8)2-5(9)7(6)10;1-3(5)7-4(2)6;2*1-2(3)4;;/h9-10,19H,5-8,11-12H2,1-4H3;4-10H2,1-3H3;2-3,10H,1H3;1-2H3;2*1H3,(H,3,4);1H4;/q;;;;;;;+3/p-3. The Morgan fingerprint density at radius 1 is 0.590 bits per heavy atom. The molecule has 0 bridgehead atoms. The molecule has 0 aromatic heterocycles. The Hall–Kier alpha value is -4.40. The zero-order valence-electron chi connectivity index (χ0n) is 45.3. The van der Waals surface area contributed by atoms with E-state index in [4.69, 9.17) is 50.2 Å². The average Bonchev–Trinajstić information content (AvgIpc) is 3.26. The molecule has 2 aliphatic carbocycles. The Labute approximate surface area is 493 Å². The molecule has 78 heavy (non-hydrogen) atoms. The van der Waals surface area contributed by atoms with Crippen LogP contribution in [0.4, 0.5) is 9.59 Å². The van der Waals surface area contributed by atoms with Gasteiger partial charge in [-0.1, -0.05) is 35.0 Å². The van der Waals surface area contributed by atoms with E-state index in [-0.39, 0.29) is 65.4 Å². The summed E-state index contributed by atoms with van der Waals surface area (Å²) < 4.78 is 42.1. The van der Waals surface area contributed by atoms with Crippen LogP contribution in [0.5, 0.6) is 17.2 Å². The van der Waals surface area contributed by atoms with E-state index < -0.39 is 70.5 Å². The molecular weight excluding hydrogens is 1390 g/mol. The Kier molecular flexibility index (Phi) is 27.2. The van der Waals surface area contributed by atoms with Crippen LogP contribution in [0.3, 0.4) is 0 Å². The first kappa shape index (κ1) is 69.7. The van der Waals surface area contributed by atoms with E-state index in [1.807, 2.05) is 41.5 Å². The monoisotopic (exact) mass is 1460 g/mol. The summed E-state index contributed by atoms with van der Waals surface area (Å²) >= 11 is 15.2. The van der Waals surface area contributed by atoms with Crippen molar-refractivity contribution in [2.75, 3.05) is 40.4 Å². The molecule has 6 rings (SSSR count). The zero-order chi connectivity index (χ0) is 58.4. The van der Waals surface area contributed by atoms with Crippen LogP contribution in [-0.2, 0) is 57.9 Å². The van der Waals surface area contributed by atoms with Gasteiger partial charge < -0.3 is 28.7 Å². The van der Waals surface area contributed by atoms with Crippen molar-refractivity contribution >= 4 is 138 Å². The van der Waals surface area contributed by atoms with Gasteiger partial charge in [0.25, 0.3) is 0 Å². The number of hydrogen-bond donors (Lipinski definition) is 0. The number of nitrogens with zero attached hydrogens (tertiary/aromatic N) is 2. The topological polar surface area (TPSA) is 251 Å². The number of halogens is 4. The third-order valence-corrected chi connectivity index (χ3v) is 18.4. The van der Waals surface area contributed by atoms with Gasteiger partial charge in [-0.3, -0.25) is 28.8 Å². The maximum atomic E-state index is 13.1. The number of rotatable bonds is 7. The molecule has 1 radical (unpaired) electrons. The van der Waals surface area contributed by atoms with Gasteiger partial charge in [0.15, 0.2) is 0 Å². The van der Waals surface area contributed by atoms with E-state index in [9.17, 15) is 47.9 Å². The fourth-order valence-electron chi connectivity index (χ4n) is 8.82. The summed E-state index contributed by atoms with van der Waals surface area (Å²) in [6, 6.07) is 6.60. The number of ketones is 4. The van der Waals surface area contributed by atoms with Crippen LogP contribution in [-0.4, -0.2) is 145 Å². The molecule has 20 nitrogen and oxygen atoms in total. The predicted octanol–water partition coefficient (Wildman–Crippen LogP) is 10.8. The molecule has 4 fully saturated rings. The zero-order valence-corrected chi connectivity index (χ0v) is 53.9. The molecule has 0 N–H and O–H groups in total. The Balaban J connectivity index is 0.000000384. The molecule has 2 spiro atoms. The molecule has 4 aliphatic rings. The van der Waals surface area contributed by atoms with Gasteiger partial charge in [-0.2, -0.15) is 0 Å². The number of methoxy groups -OCH3 is 2. The number of piperidine rings is 2. The second kappa shape index (κ2) is 30.4. The molecule has 2 amide bonds. The number of esters is 2. The molecule has 0 unspecified atom stereocenters. The number of likely N-dealkylation sites (tertiary alicyclic amines) is 2. The number of benzene rings is 2. The summed E-state index contributed by atoms with van der Waals surface area (Å²) in [4.78, 5) is 119. The van der Waals surface area contributed by atoms with E-state index >= 15 is 0 Å². The molecule has 2 heterocycles. The molecule has 2 aromatic carbocycles. The summed E-state index contributed by atoms with van der Waals surface area (Å²) in [5.41, 5.74) is -1.22. The van der Waals surface area contributed by atoms with E-state index in [1.54, 1.807) is 34.1 Å². The van der Waals surface area contributed by atoms with E-state index in [2.05, 4.69) is 36.6 Å². The van der Waals surface area contributed by atoms with Crippen molar-refractivity contribution < 1.29 is 79.7 Å². The maximum absolute atomic E-state index is 13.1. The van der Waals surface area contributed by atoms with E-state index in [0.29, 0.717) is 104 Å². The molecule has 2 aliphatic heterocycles. The fourth-order valence-corrected chi connectivity index (χ4v) is 14.6. The molecule has 433 valence electrons. The van der Waals surface area contributed by atoms with Crippen molar-refractivity contribution in [1.29, 1.82) is 0 Å². The van der Waals surface area contributed by atoms with Gasteiger partial charge in [0, 0.05) is 80.8 Å². The Morgan fingerprint density at radius 2 is 0.962 bits per heavy atom. The molecule has 2 saturated heterocycles. The second-order valence-electron chi connectivity index (χ2n) is 20.8. The first-order valence-electron chi connectivity index (χ1n) is 24.3. The third-order valence-electron chi connectivity index (χ3n) is 11.9. The molecular formula is C53H71Br2Cl2N2O18Pb. The SMILES string of the molecule is C.CC(=O)OC(C)=O.CC(C)(C)OC(=O)N1CCC2(CC1)CC(=O)CC(=O)C2.COc1cc(Br)cc(Cl)c1C1C(=O)CC2(CCN(C(=O)OC(C)(C)C)CC2)CC1=O.COc1cc(Br)cc(Cl)c1[O][Pb]([O]C(C)=O)[O]C(C)=O. The third kappa shape index (κ3) is 22.6. The van der Waals surface area contributed by atoms with Crippen LogP contribution >= 0.6 is 55.1 Å². The van der Waals surface area contributed by atoms with Crippen LogP contribution in [0, 0.1) is 10.8 Å². The van der Waals surface area contributed by atoms with E-state index in [0.717, 1.165) is 4.47 Å². The number of hydrogen-bond acceptors (Lipinski definition) is 18. The number of carbonyl (C=O) groups excluding carboxylic acids is 10. The molecule has 0 atom stereocenters. The number of amides is 2. The minimum absolute atomic E-state index is 0. The molecule has 25 heteroatoms. The van der Waals surface area contributed by atoms with Crippen molar-refractivity contribution in [2.45, 2.75) is 152 Å². The normalized spacial score (nSPS) is 16.8. The van der Waals surface area contributed by atoms with Crippen LogP contribution in [0.15, 0.2) is 33.2 Å². The summed E-state index contributed by atoms with van der Waals surface area (Å²) in [5, 5.41) is 0.585. The van der Waals surface area contributed by atoms with E-state index in [1.165, 1.54) is 41.9 Å². The van der Waals surface area contributed by atoms with Crippen LogP contribution in [0.25, 0.3) is 0 Å². The second-order valence-corrected chi connectivity index (χ2v) is 27.8. The first-order chi connectivity index (χ1) is 35.6. The van der Waals surface area contributed by atoms with Gasteiger partial charge in [-0.15, -0.1) is 0 Å². The predicted molar refractivity (Wildman–Crippen MR) is 295 cm³/mol. The van der Waals surface area contributed by atoms with Gasteiger partial charge in [0.2, 0.25) is 0 Å². The van der Waals surface area contributed by atoms with Gasteiger partial charge in [-0.05, 0) is 90.2 Å². The number of ether oxygens (including phenoxy) is 5. The van der Waals surface area contributed by atoms with Gasteiger partial charge in [0.05, 0.1) is 13.5 Å². The van der Waals surface area contributed by atoms with Crippen molar-refractivity contribution in [3.05, 3.63) is 48.8 Å². The minimum atomic E-state index is -3.84. The van der Waals surface area contributed by atoms with Crippen LogP contribution < -0.4 is 12.2 Å². The number of Topliss-reactive ketones (excluding diaryl/α,β-unsaturated/α-hetero) is 4. The Bertz CT molecular complexity index is 2480. The summed E-state index contributed by atoms with van der Waals surface area (Å²) in [7, 11) is 2.93. The molecule has 2 aromatic rings. The van der Waals surface area contributed by atoms with Crippen LogP contribution in [0.2, 0.25) is 10.0 Å². The van der Waals surface area contributed by atoms with Crippen molar-refractivity contribution in [3.63, 3.8) is 0 Å². The number of carbonyl (C=O) groups is 10. The van der Waals surface area contributed by atoms with Gasteiger partial charge in [-0.25, -0.2) is 9.59 Å². The fraction of sp³-hybridized carbons (Fsp3) is 0.585. The van der Waals surface area contributed by atoms with Crippen molar-refractivity contribution in [1.82, 2.24) is 9.80 Å².